The Balaban J connectivity index is 0.00000320. The van der Waals surface area contributed by atoms with Gasteiger partial charge in [0, 0.05) is 29.7 Å². The van der Waals surface area contributed by atoms with Gasteiger partial charge in [-0.3, -0.25) is 4.79 Å². The van der Waals surface area contributed by atoms with Crippen LogP contribution in [-0.4, -0.2) is 29.3 Å². The maximum absolute atomic E-state index is 13.0. The summed E-state index contributed by atoms with van der Waals surface area (Å²) in [4.78, 5) is 11.9. The van der Waals surface area contributed by atoms with Crippen LogP contribution in [0.3, 0.4) is 0 Å². The second kappa shape index (κ2) is 11.5. The van der Waals surface area contributed by atoms with E-state index in [4.69, 9.17) is 10.5 Å². The summed E-state index contributed by atoms with van der Waals surface area (Å²) in [7, 11) is 0. The first-order valence-corrected chi connectivity index (χ1v) is 9.55. The summed E-state index contributed by atoms with van der Waals surface area (Å²) < 4.78 is 24.2. The first kappa shape index (κ1) is 23.6. The van der Waals surface area contributed by atoms with E-state index in [1.54, 1.807) is 12.1 Å². The Morgan fingerprint density at radius 3 is 2.63 bits per heavy atom. The van der Waals surface area contributed by atoms with Crippen LogP contribution < -0.4 is 33.5 Å². The number of carbonyl (C=O) groups is 1. The molecule has 30 heavy (non-hydrogen) atoms. The van der Waals surface area contributed by atoms with Crippen molar-refractivity contribution in [2.24, 2.45) is 0 Å². The van der Waals surface area contributed by atoms with E-state index in [-0.39, 0.29) is 29.7 Å². The zero-order chi connectivity index (χ0) is 20.6. The number of amides is 1. The number of anilines is 1. The molecule has 11 heteroatoms. The molecule has 1 heterocycles. The fraction of sp³-hybridized carbons (Fsp3) is 0.211. The summed E-state index contributed by atoms with van der Waals surface area (Å²) in [5.74, 6) is -0.0590. The minimum atomic E-state index is -0.448. The van der Waals surface area contributed by atoms with Crippen LogP contribution in [0.4, 0.5) is 10.2 Å². The standard InChI is InChI=1S/C19H19BrFN5O3.ClH/c20-14-3-6-16(28-11-12-1-4-15(21)5-2-12)13(9-14)10-23-7-8-24-19(27)17-18(22)26-29-25-17;/h1-6,9,23H,7-8,10-11H2,(H2,22,26)(H,24,27);1H/p-1. The fourth-order valence-electron chi connectivity index (χ4n) is 2.49. The van der Waals surface area contributed by atoms with Gasteiger partial charge in [0.1, 0.15) is 18.2 Å². The van der Waals surface area contributed by atoms with Crippen LogP contribution in [0.15, 0.2) is 51.6 Å². The van der Waals surface area contributed by atoms with Crippen molar-refractivity contribution in [2.75, 3.05) is 18.8 Å². The van der Waals surface area contributed by atoms with Crippen molar-refractivity contribution >= 4 is 27.7 Å². The van der Waals surface area contributed by atoms with Crippen LogP contribution in [0.25, 0.3) is 0 Å². The molecule has 0 radical (unpaired) electrons. The average Bonchev–Trinajstić information content (AvgIpc) is 3.14. The molecule has 0 aliphatic carbocycles. The highest BCUT2D eigenvalue weighted by atomic mass is 79.9. The minimum absolute atomic E-state index is 0. The Labute approximate surface area is 186 Å². The Bertz CT molecular complexity index is 971. The molecule has 0 saturated carbocycles. The van der Waals surface area contributed by atoms with Crippen molar-refractivity contribution in [3.05, 3.63) is 69.6 Å². The molecule has 1 amide bonds. The summed E-state index contributed by atoms with van der Waals surface area (Å²) in [5.41, 5.74) is 7.26. The van der Waals surface area contributed by atoms with Gasteiger partial charge in [0.25, 0.3) is 5.91 Å². The van der Waals surface area contributed by atoms with E-state index in [2.05, 4.69) is 41.5 Å². The molecule has 0 saturated heterocycles. The van der Waals surface area contributed by atoms with Gasteiger partial charge in [0.2, 0.25) is 11.5 Å². The van der Waals surface area contributed by atoms with Crippen molar-refractivity contribution in [1.29, 1.82) is 0 Å². The largest absolute Gasteiger partial charge is 1.00 e. The highest BCUT2D eigenvalue weighted by molar-refractivity contribution is 9.10. The highest BCUT2D eigenvalue weighted by Gasteiger charge is 2.15. The number of hydrogen-bond donors (Lipinski definition) is 3. The molecule has 0 aliphatic heterocycles. The quantitative estimate of drug-likeness (QED) is 0.345. The van der Waals surface area contributed by atoms with Crippen LogP contribution in [-0.2, 0) is 13.2 Å². The topological polar surface area (TPSA) is 115 Å². The van der Waals surface area contributed by atoms with E-state index in [1.807, 2.05) is 18.2 Å². The van der Waals surface area contributed by atoms with Crippen LogP contribution >= 0.6 is 15.9 Å². The van der Waals surface area contributed by atoms with Gasteiger partial charge in [-0.1, -0.05) is 28.1 Å². The third-order valence-corrected chi connectivity index (χ3v) is 4.46. The fourth-order valence-corrected chi connectivity index (χ4v) is 2.90. The number of nitrogen functional groups attached to an aromatic ring is 1. The van der Waals surface area contributed by atoms with E-state index < -0.39 is 5.91 Å². The molecule has 8 nitrogen and oxygen atoms in total. The predicted octanol–water partition coefficient (Wildman–Crippen LogP) is -0.344. The minimum Gasteiger partial charge on any atom is -1.00 e. The molecule has 0 atom stereocenters. The molecule has 160 valence electrons. The van der Waals surface area contributed by atoms with Crippen LogP contribution in [0.1, 0.15) is 21.6 Å². The number of rotatable bonds is 9. The summed E-state index contributed by atoms with van der Waals surface area (Å²) >= 11 is 3.46. The molecular formula is C19H19BrClFN5O3-. The second-order valence-electron chi connectivity index (χ2n) is 6.10. The number of benzene rings is 2. The number of hydrogen-bond acceptors (Lipinski definition) is 7. The molecule has 0 unspecified atom stereocenters. The van der Waals surface area contributed by atoms with Crippen molar-refractivity contribution < 1.29 is 31.0 Å². The van der Waals surface area contributed by atoms with Crippen LogP contribution in [0, 0.1) is 5.82 Å². The van der Waals surface area contributed by atoms with Gasteiger partial charge in [-0.25, -0.2) is 9.02 Å². The van der Waals surface area contributed by atoms with E-state index >= 15 is 0 Å². The lowest BCUT2D eigenvalue weighted by atomic mass is 10.2. The van der Waals surface area contributed by atoms with Crippen molar-refractivity contribution in [2.45, 2.75) is 13.2 Å². The van der Waals surface area contributed by atoms with E-state index in [1.165, 1.54) is 12.1 Å². The lowest BCUT2D eigenvalue weighted by molar-refractivity contribution is -0.0000156. The molecule has 0 aliphatic rings. The molecule has 1 aromatic heterocycles. The Kier molecular flexibility index (Phi) is 9.03. The Morgan fingerprint density at radius 1 is 1.17 bits per heavy atom. The molecule has 4 N–H and O–H groups in total. The smallest absolute Gasteiger partial charge is 0.277 e. The Hall–Kier alpha value is -2.69. The lowest BCUT2D eigenvalue weighted by Gasteiger charge is -2.13. The number of halogens is 3. The normalized spacial score (nSPS) is 10.3. The number of nitrogens with one attached hydrogen (secondary N) is 2. The number of ether oxygens (including phenoxy) is 1. The SMILES string of the molecule is Nc1nonc1C(=O)NCCNCc1cc(Br)ccc1OCc1ccc(F)cc1.[Cl-]. The van der Waals surface area contributed by atoms with Crippen molar-refractivity contribution in [3.8, 4) is 5.75 Å². The number of aromatic nitrogens is 2. The third-order valence-electron chi connectivity index (χ3n) is 3.96. The molecule has 0 spiro atoms. The van der Waals surface area contributed by atoms with E-state index in [0.717, 1.165) is 21.3 Å². The molecule has 0 fully saturated rings. The summed E-state index contributed by atoms with van der Waals surface area (Å²) in [6.07, 6.45) is 0. The first-order chi connectivity index (χ1) is 14.0. The maximum atomic E-state index is 13.0. The van der Waals surface area contributed by atoms with E-state index in [0.29, 0.717) is 26.2 Å². The second-order valence-corrected chi connectivity index (χ2v) is 7.01. The van der Waals surface area contributed by atoms with Gasteiger partial charge < -0.3 is 33.5 Å². The van der Waals surface area contributed by atoms with Gasteiger partial charge >= 0.3 is 0 Å². The van der Waals surface area contributed by atoms with Gasteiger partial charge in [0.15, 0.2) is 0 Å². The van der Waals surface area contributed by atoms with Crippen LogP contribution in [0.5, 0.6) is 5.75 Å². The van der Waals surface area contributed by atoms with Crippen LogP contribution in [0.2, 0.25) is 0 Å². The molecule has 3 rings (SSSR count). The third kappa shape index (κ3) is 6.68. The predicted molar refractivity (Wildman–Crippen MR) is 108 cm³/mol. The number of nitrogens with zero attached hydrogens (tertiary/aromatic N) is 2. The molecular weight excluding hydrogens is 481 g/mol. The molecule has 3 aromatic rings. The summed E-state index contributed by atoms with van der Waals surface area (Å²) in [6.45, 7) is 1.74. The maximum Gasteiger partial charge on any atom is 0.277 e. The van der Waals surface area contributed by atoms with E-state index in [9.17, 15) is 9.18 Å². The zero-order valence-electron chi connectivity index (χ0n) is 15.7. The highest BCUT2D eigenvalue weighted by Crippen LogP contribution is 2.24. The number of nitrogens with two attached hydrogens (primary N) is 1. The first-order valence-electron chi connectivity index (χ1n) is 8.75. The molecule has 2 aromatic carbocycles. The van der Waals surface area contributed by atoms with Crippen molar-refractivity contribution in [3.63, 3.8) is 0 Å². The molecule has 0 bridgehead atoms. The summed E-state index contributed by atoms with van der Waals surface area (Å²) in [6, 6.07) is 11.9. The average molecular weight is 500 g/mol. The zero-order valence-corrected chi connectivity index (χ0v) is 18.0. The van der Waals surface area contributed by atoms with Crippen molar-refractivity contribution in [1.82, 2.24) is 20.9 Å². The van der Waals surface area contributed by atoms with Gasteiger partial charge in [-0.05, 0) is 46.2 Å². The van der Waals surface area contributed by atoms with Gasteiger partial charge in [-0.15, -0.1) is 0 Å². The number of carbonyl (C=O) groups excluding carboxylic acids is 1. The Morgan fingerprint density at radius 2 is 1.93 bits per heavy atom. The monoisotopic (exact) mass is 498 g/mol. The summed E-state index contributed by atoms with van der Waals surface area (Å²) in [5, 5.41) is 12.7. The van der Waals surface area contributed by atoms with Gasteiger partial charge in [0.05, 0.1) is 0 Å². The lowest BCUT2D eigenvalue weighted by Crippen LogP contribution is -3.00. The van der Waals surface area contributed by atoms with Gasteiger partial charge in [-0.2, -0.15) is 0 Å².